The van der Waals surface area contributed by atoms with E-state index in [2.05, 4.69) is 6.58 Å². The van der Waals surface area contributed by atoms with Gasteiger partial charge in [0, 0.05) is 13.2 Å². The summed E-state index contributed by atoms with van der Waals surface area (Å²) in [7, 11) is -0.367. The first kappa shape index (κ1) is 9.88. The fourth-order valence-corrected chi connectivity index (χ4v) is 1.71. The molecule has 2 nitrogen and oxygen atoms in total. The number of hydrogen-bond donors (Lipinski definition) is 0. The SMILES string of the molecule is C=C[SiH2]C(OCC)OCC. The standard InChI is InChI=1S/C7H16O2Si/c1-4-8-7(9-5-2)10-6-3/h6-7H,3-5,10H2,1-2H3. The summed E-state index contributed by atoms with van der Waals surface area (Å²) in [6.45, 7) is 9.07. The molecule has 0 fully saturated rings. The van der Waals surface area contributed by atoms with Crippen molar-refractivity contribution in [3.63, 3.8) is 0 Å². The molecule has 0 rings (SSSR count). The van der Waals surface area contributed by atoms with Crippen molar-refractivity contribution in [2.45, 2.75) is 19.8 Å². The van der Waals surface area contributed by atoms with Gasteiger partial charge in [-0.3, -0.25) is 0 Å². The zero-order valence-corrected chi connectivity index (χ0v) is 8.21. The minimum Gasteiger partial charge on any atom is -0.357 e. The fourth-order valence-electron chi connectivity index (χ4n) is 0.692. The van der Waals surface area contributed by atoms with E-state index in [-0.39, 0.29) is 15.4 Å². The first-order valence-electron chi connectivity index (χ1n) is 3.69. The largest absolute Gasteiger partial charge is 0.357 e. The van der Waals surface area contributed by atoms with Crippen molar-refractivity contribution in [1.29, 1.82) is 0 Å². The minimum absolute atomic E-state index is 0.0486. The van der Waals surface area contributed by atoms with Crippen molar-refractivity contribution in [2.75, 3.05) is 13.2 Å². The molecule has 3 heteroatoms. The molecule has 10 heavy (non-hydrogen) atoms. The van der Waals surface area contributed by atoms with Crippen LogP contribution in [0.1, 0.15) is 13.8 Å². The Morgan fingerprint density at radius 2 is 1.90 bits per heavy atom. The van der Waals surface area contributed by atoms with Crippen LogP contribution >= 0.6 is 0 Å². The molecule has 60 valence electrons. The van der Waals surface area contributed by atoms with Crippen molar-refractivity contribution in [3.05, 3.63) is 12.3 Å². The average Bonchev–Trinajstić information content (AvgIpc) is 1.90. The molecule has 0 heterocycles. The van der Waals surface area contributed by atoms with Crippen molar-refractivity contribution >= 4 is 9.52 Å². The van der Waals surface area contributed by atoms with Gasteiger partial charge in [0.05, 0.1) is 0 Å². The van der Waals surface area contributed by atoms with E-state index in [1.807, 2.05) is 19.5 Å². The summed E-state index contributed by atoms with van der Waals surface area (Å²) in [6, 6.07) is 0. The van der Waals surface area contributed by atoms with E-state index in [0.717, 1.165) is 13.2 Å². The maximum atomic E-state index is 5.29. The summed E-state index contributed by atoms with van der Waals surface area (Å²) in [6.07, 6.45) is 0. The summed E-state index contributed by atoms with van der Waals surface area (Å²) in [5.74, 6) is 0.0486. The highest BCUT2D eigenvalue weighted by atomic mass is 28.2. The van der Waals surface area contributed by atoms with Gasteiger partial charge in [0.15, 0.2) is 0 Å². The van der Waals surface area contributed by atoms with Crippen LogP contribution in [0.4, 0.5) is 0 Å². The third-order valence-electron chi connectivity index (χ3n) is 1.06. The maximum absolute atomic E-state index is 5.29. The van der Waals surface area contributed by atoms with Gasteiger partial charge in [-0.1, -0.05) is 0 Å². The lowest BCUT2D eigenvalue weighted by molar-refractivity contribution is -0.0818. The molecular formula is C7H16O2Si. The van der Waals surface area contributed by atoms with Crippen LogP contribution in [0.25, 0.3) is 0 Å². The monoisotopic (exact) mass is 160 g/mol. The van der Waals surface area contributed by atoms with Gasteiger partial charge in [-0.05, 0) is 13.8 Å². The minimum atomic E-state index is -0.367. The zero-order valence-electron chi connectivity index (χ0n) is 6.80. The van der Waals surface area contributed by atoms with Crippen molar-refractivity contribution in [1.82, 2.24) is 0 Å². The molecule has 0 amide bonds. The van der Waals surface area contributed by atoms with Crippen LogP contribution in [0.2, 0.25) is 0 Å². The predicted molar refractivity (Wildman–Crippen MR) is 45.8 cm³/mol. The molecule has 0 aliphatic carbocycles. The van der Waals surface area contributed by atoms with Gasteiger partial charge in [0.2, 0.25) is 0 Å². The smallest absolute Gasteiger partial charge is 0.139 e. The average molecular weight is 160 g/mol. The van der Waals surface area contributed by atoms with Crippen LogP contribution in [-0.2, 0) is 9.47 Å². The van der Waals surface area contributed by atoms with Gasteiger partial charge in [0.1, 0.15) is 15.4 Å². The van der Waals surface area contributed by atoms with Crippen LogP contribution in [0.3, 0.4) is 0 Å². The van der Waals surface area contributed by atoms with E-state index in [1.165, 1.54) is 0 Å². The third-order valence-corrected chi connectivity index (χ3v) is 2.25. The molecule has 0 aromatic rings. The molecule has 0 saturated carbocycles. The summed E-state index contributed by atoms with van der Waals surface area (Å²) in [5, 5.41) is 0. The quantitative estimate of drug-likeness (QED) is 0.420. The highest BCUT2D eigenvalue weighted by Crippen LogP contribution is 1.92. The van der Waals surface area contributed by atoms with Crippen molar-refractivity contribution in [3.8, 4) is 0 Å². The summed E-state index contributed by atoms with van der Waals surface area (Å²) in [5.41, 5.74) is 1.94. The third kappa shape index (κ3) is 4.73. The number of hydrogen-bond acceptors (Lipinski definition) is 2. The number of rotatable bonds is 6. The lowest BCUT2D eigenvalue weighted by Gasteiger charge is -2.13. The zero-order chi connectivity index (χ0) is 7.82. The second kappa shape index (κ2) is 6.99. The molecule has 0 saturated heterocycles. The molecule has 0 N–H and O–H groups in total. The van der Waals surface area contributed by atoms with Crippen LogP contribution in [0.5, 0.6) is 0 Å². The molecule has 0 aliphatic rings. The molecule has 0 unspecified atom stereocenters. The molecule has 0 atom stereocenters. The van der Waals surface area contributed by atoms with Gasteiger partial charge in [0.25, 0.3) is 0 Å². The normalized spacial score (nSPS) is 11.5. The van der Waals surface area contributed by atoms with Crippen LogP contribution in [0.15, 0.2) is 12.3 Å². The molecule has 0 radical (unpaired) electrons. The van der Waals surface area contributed by atoms with E-state index in [1.54, 1.807) is 0 Å². The fraction of sp³-hybridized carbons (Fsp3) is 0.714. The second-order valence-electron chi connectivity index (χ2n) is 1.86. The molecule has 0 bridgehead atoms. The van der Waals surface area contributed by atoms with Gasteiger partial charge in [-0.15, -0.1) is 12.3 Å². The molecule has 0 spiro atoms. The molecule has 0 aromatic carbocycles. The van der Waals surface area contributed by atoms with Gasteiger partial charge < -0.3 is 9.47 Å². The van der Waals surface area contributed by atoms with Gasteiger partial charge >= 0.3 is 0 Å². The maximum Gasteiger partial charge on any atom is 0.139 e. The highest BCUT2D eigenvalue weighted by molar-refractivity contribution is 6.42. The van der Waals surface area contributed by atoms with E-state index < -0.39 is 0 Å². The summed E-state index contributed by atoms with van der Waals surface area (Å²) < 4.78 is 10.6. The van der Waals surface area contributed by atoms with Crippen LogP contribution in [-0.4, -0.2) is 28.6 Å². The van der Waals surface area contributed by atoms with Crippen LogP contribution in [0, 0.1) is 0 Å². The van der Waals surface area contributed by atoms with Gasteiger partial charge in [-0.2, -0.15) is 0 Å². The van der Waals surface area contributed by atoms with E-state index in [0.29, 0.717) is 0 Å². The number of ether oxygens (including phenoxy) is 2. The first-order chi connectivity index (χ1) is 4.85. The summed E-state index contributed by atoms with van der Waals surface area (Å²) >= 11 is 0. The Kier molecular flexibility index (Phi) is 6.90. The Labute approximate surface area is 65.0 Å². The molecule has 0 aliphatic heterocycles. The Hall–Kier alpha value is -0.123. The van der Waals surface area contributed by atoms with E-state index in [9.17, 15) is 0 Å². The Bertz CT molecular complexity index is 79.7. The lowest BCUT2D eigenvalue weighted by atomic mass is 10.8. The second-order valence-corrected chi connectivity index (χ2v) is 3.58. The predicted octanol–water partition coefficient (Wildman–Crippen LogP) is 0.655. The first-order valence-corrected chi connectivity index (χ1v) is 5.32. The van der Waals surface area contributed by atoms with Crippen LogP contribution < -0.4 is 0 Å². The highest BCUT2D eigenvalue weighted by Gasteiger charge is 2.03. The van der Waals surface area contributed by atoms with Crippen molar-refractivity contribution < 1.29 is 9.47 Å². The Morgan fingerprint density at radius 1 is 1.40 bits per heavy atom. The molecule has 0 aromatic heterocycles. The molecular weight excluding hydrogens is 144 g/mol. The Morgan fingerprint density at radius 3 is 2.20 bits per heavy atom. The van der Waals surface area contributed by atoms with Gasteiger partial charge in [-0.25, -0.2) is 0 Å². The van der Waals surface area contributed by atoms with E-state index >= 15 is 0 Å². The van der Waals surface area contributed by atoms with Crippen molar-refractivity contribution in [2.24, 2.45) is 0 Å². The Balaban J connectivity index is 3.38. The van der Waals surface area contributed by atoms with E-state index in [4.69, 9.17) is 9.47 Å². The topological polar surface area (TPSA) is 18.5 Å². The summed E-state index contributed by atoms with van der Waals surface area (Å²) in [4.78, 5) is 0. The lowest BCUT2D eigenvalue weighted by Crippen LogP contribution is -2.23.